The Kier molecular flexibility index (Phi) is 3.70. The topological polar surface area (TPSA) is 63.7 Å². The van der Waals surface area contributed by atoms with Crippen molar-refractivity contribution in [2.75, 3.05) is 13.7 Å². The van der Waals surface area contributed by atoms with Crippen LogP contribution in [0.25, 0.3) is 0 Å². The summed E-state index contributed by atoms with van der Waals surface area (Å²) in [4.78, 5) is 11.5. The molecule has 0 aliphatic rings. The van der Waals surface area contributed by atoms with Crippen molar-refractivity contribution < 1.29 is 4.74 Å². The number of ether oxygens (including phenoxy) is 1. The second kappa shape index (κ2) is 5.24. The van der Waals surface area contributed by atoms with Crippen molar-refractivity contribution in [3.05, 3.63) is 18.2 Å². The molecule has 0 radical (unpaired) electrons. The first-order chi connectivity index (χ1) is 7.38. The van der Waals surface area contributed by atoms with Crippen LogP contribution in [0, 0.1) is 0 Å². The number of methoxy groups -OCH3 is 1. The van der Waals surface area contributed by atoms with Crippen LogP contribution in [0.2, 0.25) is 0 Å². The molecular weight excluding hydrogens is 232 g/mol. The Labute approximate surface area is 95.5 Å². The molecule has 0 saturated heterocycles. The molecule has 0 aliphatic heterocycles. The number of imidazole rings is 1. The maximum atomic E-state index is 4.96. The molecule has 0 fully saturated rings. The van der Waals surface area contributed by atoms with Gasteiger partial charge in [-0.3, -0.25) is 0 Å². The van der Waals surface area contributed by atoms with Crippen LogP contribution in [-0.4, -0.2) is 33.0 Å². The summed E-state index contributed by atoms with van der Waals surface area (Å²) in [6.07, 6.45) is 4.26. The molecule has 2 aromatic rings. The van der Waals surface area contributed by atoms with Gasteiger partial charge in [0.2, 0.25) is 0 Å². The summed E-state index contributed by atoms with van der Waals surface area (Å²) in [7, 11) is 1.67. The zero-order valence-electron chi connectivity index (χ0n) is 8.14. The van der Waals surface area contributed by atoms with Crippen LogP contribution in [0.1, 0.15) is 5.82 Å². The lowest BCUT2D eigenvalue weighted by atomic mass is 10.4. The van der Waals surface area contributed by atoms with Crippen molar-refractivity contribution in [2.24, 2.45) is 0 Å². The average Bonchev–Trinajstić information content (AvgIpc) is 2.87. The molecule has 0 spiro atoms. The molecule has 80 valence electrons. The third-order valence-electron chi connectivity index (χ3n) is 1.64. The lowest BCUT2D eigenvalue weighted by Crippen LogP contribution is -1.95. The van der Waals surface area contributed by atoms with E-state index in [0.717, 1.165) is 21.7 Å². The van der Waals surface area contributed by atoms with E-state index in [0.29, 0.717) is 6.61 Å². The molecule has 2 heterocycles. The lowest BCUT2D eigenvalue weighted by Gasteiger charge is -1.92. The van der Waals surface area contributed by atoms with Crippen molar-refractivity contribution in [3.8, 4) is 0 Å². The minimum atomic E-state index is 0.654. The third kappa shape index (κ3) is 3.01. The van der Waals surface area contributed by atoms with Crippen molar-refractivity contribution >= 4 is 23.3 Å². The first-order valence-corrected chi connectivity index (χ1v) is 5.96. The van der Waals surface area contributed by atoms with Crippen LogP contribution < -0.4 is 0 Å². The summed E-state index contributed by atoms with van der Waals surface area (Å²) < 4.78 is 10.1. The Morgan fingerprint density at radius 1 is 1.60 bits per heavy atom. The van der Waals surface area contributed by atoms with E-state index in [-0.39, 0.29) is 0 Å². The molecule has 1 N–H and O–H groups in total. The third-order valence-corrected chi connectivity index (χ3v) is 3.34. The zero-order chi connectivity index (χ0) is 10.5. The summed E-state index contributed by atoms with van der Waals surface area (Å²) in [6, 6.07) is 0. The van der Waals surface area contributed by atoms with Crippen molar-refractivity contribution in [2.45, 2.75) is 15.9 Å². The SMILES string of the molecule is COCCc1nsc(Sc2ncc[nH]2)n1. The number of nitrogens with zero attached hydrogens (tertiary/aromatic N) is 3. The first kappa shape index (κ1) is 10.6. The average molecular weight is 242 g/mol. The molecule has 0 aromatic carbocycles. The predicted octanol–water partition coefficient (Wildman–Crippen LogP) is 1.60. The second-order valence-corrected chi connectivity index (χ2v) is 4.70. The van der Waals surface area contributed by atoms with Crippen LogP contribution in [0.15, 0.2) is 21.9 Å². The van der Waals surface area contributed by atoms with E-state index in [9.17, 15) is 0 Å². The van der Waals surface area contributed by atoms with E-state index in [2.05, 4.69) is 19.3 Å². The Morgan fingerprint density at radius 2 is 2.53 bits per heavy atom. The second-order valence-electron chi connectivity index (χ2n) is 2.72. The fourth-order valence-electron chi connectivity index (χ4n) is 0.964. The van der Waals surface area contributed by atoms with Crippen LogP contribution in [0.4, 0.5) is 0 Å². The number of nitrogens with one attached hydrogen (secondary N) is 1. The highest BCUT2D eigenvalue weighted by atomic mass is 32.2. The summed E-state index contributed by atoms with van der Waals surface area (Å²) in [6.45, 7) is 0.654. The highest BCUT2D eigenvalue weighted by Crippen LogP contribution is 2.25. The summed E-state index contributed by atoms with van der Waals surface area (Å²) in [5.74, 6) is 0.830. The number of aromatic amines is 1. The van der Waals surface area contributed by atoms with Gasteiger partial charge < -0.3 is 9.72 Å². The largest absolute Gasteiger partial charge is 0.384 e. The van der Waals surface area contributed by atoms with E-state index < -0.39 is 0 Å². The van der Waals surface area contributed by atoms with Gasteiger partial charge in [-0.05, 0) is 23.3 Å². The molecule has 2 aromatic heterocycles. The number of hydrogen-bond donors (Lipinski definition) is 1. The van der Waals surface area contributed by atoms with Gasteiger partial charge in [-0.1, -0.05) is 0 Å². The Bertz CT molecular complexity index is 400. The Hall–Kier alpha value is -0.920. The quantitative estimate of drug-likeness (QED) is 0.862. The molecular formula is C8H10N4OS2. The van der Waals surface area contributed by atoms with Gasteiger partial charge in [-0.15, -0.1) is 0 Å². The highest BCUT2D eigenvalue weighted by Gasteiger charge is 2.06. The minimum Gasteiger partial charge on any atom is -0.384 e. The Morgan fingerprint density at radius 3 is 3.27 bits per heavy atom. The lowest BCUT2D eigenvalue weighted by molar-refractivity contribution is 0.200. The monoisotopic (exact) mass is 242 g/mol. The molecule has 7 heteroatoms. The molecule has 0 bridgehead atoms. The van der Waals surface area contributed by atoms with E-state index in [1.54, 1.807) is 19.5 Å². The van der Waals surface area contributed by atoms with Crippen LogP contribution >= 0.6 is 23.3 Å². The van der Waals surface area contributed by atoms with Gasteiger partial charge in [-0.25, -0.2) is 9.97 Å². The number of rotatable bonds is 5. The van der Waals surface area contributed by atoms with Gasteiger partial charge in [-0.2, -0.15) is 4.37 Å². The van der Waals surface area contributed by atoms with Crippen molar-refractivity contribution in [1.82, 2.24) is 19.3 Å². The molecule has 0 unspecified atom stereocenters. The van der Waals surface area contributed by atoms with Gasteiger partial charge in [0.05, 0.1) is 6.61 Å². The molecule has 0 atom stereocenters. The highest BCUT2D eigenvalue weighted by molar-refractivity contribution is 8.00. The summed E-state index contributed by atoms with van der Waals surface area (Å²) in [5.41, 5.74) is 0. The van der Waals surface area contributed by atoms with Crippen molar-refractivity contribution in [3.63, 3.8) is 0 Å². The van der Waals surface area contributed by atoms with Crippen LogP contribution in [0.5, 0.6) is 0 Å². The standard InChI is InChI=1S/C8H10N4OS2/c1-13-5-2-6-11-8(15-12-6)14-7-9-3-4-10-7/h3-4H,2,5H2,1H3,(H,9,10). The maximum Gasteiger partial charge on any atom is 0.177 e. The summed E-state index contributed by atoms with van der Waals surface area (Å²) >= 11 is 2.87. The smallest absolute Gasteiger partial charge is 0.177 e. The molecule has 0 amide bonds. The fraction of sp³-hybridized carbons (Fsp3) is 0.375. The number of aromatic nitrogens is 4. The fourth-order valence-corrected chi connectivity index (χ4v) is 2.48. The Balaban J connectivity index is 1.95. The van der Waals surface area contributed by atoms with Crippen LogP contribution in [-0.2, 0) is 11.2 Å². The molecule has 0 aliphatic carbocycles. The predicted molar refractivity (Wildman–Crippen MR) is 58.2 cm³/mol. The van der Waals surface area contributed by atoms with Gasteiger partial charge in [0, 0.05) is 25.9 Å². The van der Waals surface area contributed by atoms with Gasteiger partial charge in [0.15, 0.2) is 9.50 Å². The maximum absolute atomic E-state index is 4.96. The number of H-pyrrole nitrogens is 1. The van der Waals surface area contributed by atoms with E-state index in [4.69, 9.17) is 4.74 Å². The van der Waals surface area contributed by atoms with E-state index in [1.165, 1.54) is 23.3 Å². The van der Waals surface area contributed by atoms with Gasteiger partial charge in [0.25, 0.3) is 0 Å². The molecule has 15 heavy (non-hydrogen) atoms. The molecule has 0 saturated carbocycles. The normalized spacial score (nSPS) is 10.7. The van der Waals surface area contributed by atoms with Crippen molar-refractivity contribution in [1.29, 1.82) is 0 Å². The molecule has 2 rings (SSSR count). The molecule has 5 nitrogen and oxygen atoms in total. The van der Waals surface area contributed by atoms with E-state index >= 15 is 0 Å². The zero-order valence-corrected chi connectivity index (χ0v) is 9.77. The van der Waals surface area contributed by atoms with Gasteiger partial charge >= 0.3 is 0 Å². The van der Waals surface area contributed by atoms with Crippen LogP contribution in [0.3, 0.4) is 0 Å². The van der Waals surface area contributed by atoms with E-state index in [1.807, 2.05) is 0 Å². The summed E-state index contributed by atoms with van der Waals surface area (Å²) in [5, 5.41) is 0.837. The number of hydrogen-bond acceptors (Lipinski definition) is 6. The van der Waals surface area contributed by atoms with Gasteiger partial charge in [0.1, 0.15) is 5.82 Å². The minimum absolute atomic E-state index is 0.654. The first-order valence-electron chi connectivity index (χ1n) is 4.37.